The predicted molar refractivity (Wildman–Crippen MR) is 146 cm³/mol. The third-order valence-electron chi connectivity index (χ3n) is 6.82. The number of nitrogens with zero attached hydrogens (tertiary/aromatic N) is 5. The molecule has 0 spiro atoms. The summed E-state index contributed by atoms with van der Waals surface area (Å²) in [7, 11) is 0. The van der Waals surface area contributed by atoms with Crippen LogP contribution in [0.5, 0.6) is 5.88 Å². The Labute approximate surface area is 227 Å². The average Bonchev–Trinajstić information content (AvgIpc) is 3.69. The van der Waals surface area contributed by atoms with Crippen LogP contribution >= 0.6 is 0 Å². The van der Waals surface area contributed by atoms with E-state index in [1.54, 1.807) is 13.0 Å². The van der Waals surface area contributed by atoms with E-state index in [1.165, 1.54) is 18.4 Å². The van der Waals surface area contributed by atoms with Crippen LogP contribution in [0.2, 0.25) is 0 Å². The van der Waals surface area contributed by atoms with Crippen molar-refractivity contribution in [2.45, 2.75) is 65.5 Å². The van der Waals surface area contributed by atoms with E-state index >= 15 is 0 Å². The number of imidazole rings is 1. The summed E-state index contributed by atoms with van der Waals surface area (Å²) < 4.78 is 13.2. The van der Waals surface area contributed by atoms with Crippen LogP contribution in [0.1, 0.15) is 71.4 Å². The molecule has 4 aromatic rings. The van der Waals surface area contributed by atoms with Gasteiger partial charge in [0.25, 0.3) is 0 Å². The van der Waals surface area contributed by atoms with Crippen molar-refractivity contribution in [1.82, 2.24) is 19.4 Å². The topological polar surface area (TPSA) is 114 Å². The summed E-state index contributed by atoms with van der Waals surface area (Å²) in [5.74, 6) is 1.86. The molecule has 9 nitrogen and oxygen atoms in total. The van der Waals surface area contributed by atoms with E-state index in [4.69, 9.17) is 9.47 Å². The molecule has 9 heteroatoms. The number of pyridine rings is 1. The SMILES string of the molecule is CCOC(=O)CCc1nc(NCc2c(C)cc(C#N)cc2C)cc(OCc2cn3cc(C4CC4)ccc3n2)n1. The third-order valence-corrected chi connectivity index (χ3v) is 6.82. The van der Waals surface area contributed by atoms with E-state index in [2.05, 4.69) is 38.6 Å². The number of benzene rings is 1. The van der Waals surface area contributed by atoms with E-state index in [0.29, 0.717) is 48.6 Å². The van der Waals surface area contributed by atoms with Gasteiger partial charge < -0.3 is 19.2 Å². The first kappa shape index (κ1) is 26.2. The monoisotopic (exact) mass is 524 g/mol. The van der Waals surface area contributed by atoms with Gasteiger partial charge in [0.1, 0.15) is 23.9 Å². The van der Waals surface area contributed by atoms with E-state index in [9.17, 15) is 10.1 Å². The number of hydrogen-bond acceptors (Lipinski definition) is 8. The lowest BCUT2D eigenvalue weighted by Crippen LogP contribution is -2.11. The largest absolute Gasteiger partial charge is 0.471 e. The zero-order valence-electron chi connectivity index (χ0n) is 22.5. The van der Waals surface area contributed by atoms with Crippen molar-refractivity contribution < 1.29 is 14.3 Å². The lowest BCUT2D eigenvalue weighted by atomic mass is 10.00. The van der Waals surface area contributed by atoms with Crippen molar-refractivity contribution in [2.24, 2.45) is 0 Å². The summed E-state index contributed by atoms with van der Waals surface area (Å²) in [5.41, 5.74) is 6.83. The molecule has 0 radical (unpaired) electrons. The Morgan fingerprint density at radius 1 is 1.13 bits per heavy atom. The summed E-state index contributed by atoms with van der Waals surface area (Å²) in [6, 6.07) is 11.9. The number of esters is 1. The fraction of sp³-hybridized carbons (Fsp3) is 0.367. The molecule has 0 atom stereocenters. The first-order chi connectivity index (χ1) is 18.9. The number of anilines is 1. The number of ether oxygens (including phenoxy) is 2. The molecule has 0 saturated heterocycles. The predicted octanol–water partition coefficient (Wildman–Crippen LogP) is 5.18. The Kier molecular flexibility index (Phi) is 7.73. The number of aryl methyl sites for hydroxylation is 3. The molecular weight excluding hydrogens is 492 g/mol. The van der Waals surface area contributed by atoms with Crippen LogP contribution in [-0.2, 0) is 29.1 Å². The van der Waals surface area contributed by atoms with Crippen molar-refractivity contribution in [2.75, 3.05) is 11.9 Å². The highest BCUT2D eigenvalue weighted by Crippen LogP contribution is 2.39. The lowest BCUT2D eigenvalue weighted by molar-refractivity contribution is -0.143. The van der Waals surface area contributed by atoms with Crippen molar-refractivity contribution >= 4 is 17.4 Å². The average molecular weight is 525 g/mol. The number of rotatable bonds is 11. The molecular formula is C30H32N6O3. The highest BCUT2D eigenvalue weighted by molar-refractivity contribution is 5.69. The minimum Gasteiger partial charge on any atom is -0.471 e. The second-order valence-corrected chi connectivity index (χ2v) is 9.89. The molecule has 1 aromatic carbocycles. The summed E-state index contributed by atoms with van der Waals surface area (Å²) >= 11 is 0. The maximum absolute atomic E-state index is 11.9. The van der Waals surface area contributed by atoms with Gasteiger partial charge in [0, 0.05) is 31.4 Å². The van der Waals surface area contributed by atoms with Crippen LogP contribution in [-0.4, -0.2) is 31.9 Å². The second-order valence-electron chi connectivity index (χ2n) is 9.89. The Bertz CT molecular complexity index is 1530. The van der Waals surface area contributed by atoms with Crippen LogP contribution < -0.4 is 10.1 Å². The van der Waals surface area contributed by atoms with Crippen molar-refractivity contribution in [3.63, 3.8) is 0 Å². The van der Waals surface area contributed by atoms with Gasteiger partial charge in [-0.2, -0.15) is 10.2 Å². The molecule has 1 aliphatic carbocycles. The molecule has 0 amide bonds. The Hall–Kier alpha value is -4.45. The highest BCUT2D eigenvalue weighted by atomic mass is 16.5. The molecule has 3 heterocycles. The zero-order chi connectivity index (χ0) is 27.4. The fourth-order valence-electron chi connectivity index (χ4n) is 4.65. The van der Waals surface area contributed by atoms with Gasteiger partial charge in [-0.3, -0.25) is 4.79 Å². The van der Waals surface area contributed by atoms with Gasteiger partial charge in [0.05, 0.1) is 30.4 Å². The highest BCUT2D eigenvalue weighted by Gasteiger charge is 2.23. The van der Waals surface area contributed by atoms with E-state index in [0.717, 1.165) is 28.0 Å². The number of nitriles is 1. The van der Waals surface area contributed by atoms with Gasteiger partial charge in [0.15, 0.2) is 0 Å². The molecule has 0 bridgehead atoms. The van der Waals surface area contributed by atoms with E-state index in [1.807, 2.05) is 42.6 Å². The fourth-order valence-corrected chi connectivity index (χ4v) is 4.65. The van der Waals surface area contributed by atoms with Crippen LogP contribution in [0.4, 0.5) is 5.82 Å². The number of fused-ring (bicyclic) bond motifs is 1. The Balaban J connectivity index is 1.32. The standard InChI is InChI=1S/C30H32N6O3/c1-4-38-30(37)10-8-26-34-27(32-15-25-19(2)11-21(14-31)12-20(25)3)13-29(35-26)39-18-24-17-36-16-23(22-5-6-22)7-9-28(36)33-24/h7,9,11-13,16-17,22H,4-6,8,10,15,18H2,1-3H3,(H,32,34,35). The van der Waals surface area contributed by atoms with Gasteiger partial charge in [0.2, 0.25) is 5.88 Å². The number of aromatic nitrogens is 4. The van der Waals surface area contributed by atoms with Gasteiger partial charge in [-0.1, -0.05) is 6.07 Å². The molecule has 1 N–H and O–H groups in total. The number of carbonyl (C=O) groups excluding carboxylic acids is 1. The summed E-state index contributed by atoms with van der Waals surface area (Å²) in [4.78, 5) is 25.8. The summed E-state index contributed by atoms with van der Waals surface area (Å²) in [6.07, 6.45) is 7.15. The number of nitrogens with one attached hydrogen (secondary N) is 1. The molecule has 5 rings (SSSR count). The van der Waals surface area contributed by atoms with Crippen LogP contribution in [0.15, 0.2) is 42.7 Å². The molecule has 200 valence electrons. The molecule has 0 aliphatic heterocycles. The molecule has 1 fully saturated rings. The van der Waals surface area contributed by atoms with Gasteiger partial charge >= 0.3 is 5.97 Å². The molecule has 0 unspecified atom stereocenters. The van der Waals surface area contributed by atoms with Crippen molar-refractivity contribution in [3.8, 4) is 11.9 Å². The van der Waals surface area contributed by atoms with Gasteiger partial charge in [-0.15, -0.1) is 0 Å². The lowest BCUT2D eigenvalue weighted by Gasteiger charge is -2.14. The van der Waals surface area contributed by atoms with E-state index in [-0.39, 0.29) is 19.0 Å². The van der Waals surface area contributed by atoms with Gasteiger partial charge in [-0.25, -0.2) is 9.97 Å². The summed E-state index contributed by atoms with van der Waals surface area (Å²) in [5, 5.41) is 12.6. The van der Waals surface area contributed by atoms with E-state index < -0.39 is 0 Å². The first-order valence-corrected chi connectivity index (χ1v) is 13.3. The molecule has 3 aromatic heterocycles. The quantitative estimate of drug-likeness (QED) is 0.267. The van der Waals surface area contributed by atoms with Crippen LogP contribution in [0.3, 0.4) is 0 Å². The Morgan fingerprint density at radius 3 is 2.64 bits per heavy atom. The zero-order valence-corrected chi connectivity index (χ0v) is 22.5. The number of carbonyl (C=O) groups is 1. The smallest absolute Gasteiger partial charge is 0.306 e. The van der Waals surface area contributed by atoms with Crippen LogP contribution in [0.25, 0.3) is 5.65 Å². The second kappa shape index (κ2) is 11.5. The molecule has 1 saturated carbocycles. The van der Waals surface area contributed by atoms with Crippen molar-refractivity contribution in [1.29, 1.82) is 5.26 Å². The summed E-state index contributed by atoms with van der Waals surface area (Å²) in [6.45, 7) is 6.87. The number of hydrogen-bond donors (Lipinski definition) is 1. The maximum Gasteiger partial charge on any atom is 0.306 e. The minimum absolute atomic E-state index is 0.181. The first-order valence-electron chi connectivity index (χ1n) is 13.3. The maximum atomic E-state index is 11.9. The Morgan fingerprint density at radius 2 is 1.92 bits per heavy atom. The normalized spacial score (nSPS) is 12.8. The molecule has 1 aliphatic rings. The minimum atomic E-state index is -0.291. The third kappa shape index (κ3) is 6.52. The molecule has 39 heavy (non-hydrogen) atoms. The van der Waals surface area contributed by atoms with Gasteiger partial charge in [-0.05, 0) is 80.0 Å². The van der Waals surface area contributed by atoms with Crippen molar-refractivity contribution in [3.05, 3.63) is 82.1 Å². The van der Waals surface area contributed by atoms with Crippen LogP contribution in [0, 0.1) is 25.2 Å².